The molecule has 0 aliphatic heterocycles. The molecule has 0 radical (unpaired) electrons. The lowest BCUT2D eigenvalue weighted by molar-refractivity contribution is 0.167. The predicted molar refractivity (Wildman–Crippen MR) is 71.7 cm³/mol. The van der Waals surface area contributed by atoms with Gasteiger partial charge in [0.05, 0.1) is 6.61 Å². The maximum atomic E-state index is 5.20. The van der Waals surface area contributed by atoms with Crippen molar-refractivity contribution in [2.75, 3.05) is 20.3 Å². The van der Waals surface area contributed by atoms with E-state index >= 15 is 0 Å². The average Bonchev–Trinajstić information content (AvgIpc) is 2.66. The Bertz CT molecular complexity index is 327. The van der Waals surface area contributed by atoms with E-state index in [1.54, 1.807) is 7.11 Å². The fourth-order valence-corrected chi connectivity index (χ4v) is 2.44. The van der Waals surface area contributed by atoms with E-state index in [1.165, 1.54) is 11.5 Å². The van der Waals surface area contributed by atoms with Crippen LogP contribution in [0.15, 0.2) is 0 Å². The van der Waals surface area contributed by atoms with Crippen molar-refractivity contribution < 1.29 is 4.74 Å². The quantitative estimate of drug-likeness (QED) is 0.847. The van der Waals surface area contributed by atoms with Crippen LogP contribution >= 0.6 is 11.5 Å². The second-order valence-corrected chi connectivity index (χ2v) is 6.01. The molecule has 4 nitrogen and oxygen atoms in total. The van der Waals surface area contributed by atoms with E-state index in [0.29, 0.717) is 12.6 Å². The Kier molecular flexibility index (Phi) is 5.49. The molecule has 0 saturated carbocycles. The molecule has 0 amide bonds. The third kappa shape index (κ3) is 4.69. The summed E-state index contributed by atoms with van der Waals surface area (Å²) in [6.07, 6.45) is 0.884. The normalized spacial score (nSPS) is 13.9. The Balaban J connectivity index is 2.63. The number of nitrogens with one attached hydrogen (secondary N) is 1. The molecule has 5 heteroatoms. The summed E-state index contributed by atoms with van der Waals surface area (Å²) in [6.45, 7) is 10.2. The van der Waals surface area contributed by atoms with Crippen LogP contribution in [0.2, 0.25) is 0 Å². The first-order valence-electron chi connectivity index (χ1n) is 6.02. The van der Waals surface area contributed by atoms with Gasteiger partial charge in [-0.1, -0.05) is 27.7 Å². The molecule has 0 bridgehead atoms. The van der Waals surface area contributed by atoms with Gasteiger partial charge >= 0.3 is 0 Å². The molecule has 0 fully saturated rings. The van der Waals surface area contributed by atoms with Crippen LogP contribution in [0.25, 0.3) is 0 Å². The van der Waals surface area contributed by atoms with E-state index in [0.717, 1.165) is 23.8 Å². The first-order chi connectivity index (χ1) is 7.97. The number of aromatic nitrogens is 2. The summed E-state index contributed by atoms with van der Waals surface area (Å²) < 4.78 is 9.62. The first kappa shape index (κ1) is 14.5. The van der Waals surface area contributed by atoms with Crippen LogP contribution in [-0.4, -0.2) is 35.7 Å². The third-order valence-corrected chi connectivity index (χ3v) is 3.15. The molecule has 0 aliphatic rings. The fraction of sp³-hybridized carbons (Fsp3) is 0.833. The SMILES string of the molecule is CCNC(COC)Cc1nc(C(C)(C)C)ns1. The van der Waals surface area contributed by atoms with Crippen LogP contribution in [0.3, 0.4) is 0 Å². The van der Waals surface area contributed by atoms with Gasteiger partial charge in [-0.05, 0) is 18.1 Å². The molecular formula is C12H23N3OS. The summed E-state index contributed by atoms with van der Waals surface area (Å²) in [4.78, 5) is 4.60. The maximum Gasteiger partial charge on any atom is 0.147 e. The zero-order chi connectivity index (χ0) is 12.9. The van der Waals surface area contributed by atoms with Crippen LogP contribution in [0.1, 0.15) is 38.5 Å². The van der Waals surface area contributed by atoms with Crippen molar-refractivity contribution in [1.29, 1.82) is 0 Å². The Morgan fingerprint density at radius 2 is 2.12 bits per heavy atom. The fourth-order valence-electron chi connectivity index (χ4n) is 1.53. The number of likely N-dealkylation sites (N-methyl/N-ethyl adjacent to an activating group) is 1. The summed E-state index contributed by atoms with van der Waals surface area (Å²) in [5.41, 5.74) is 0.0314. The molecular weight excluding hydrogens is 234 g/mol. The zero-order valence-corrected chi connectivity index (χ0v) is 12.2. The highest BCUT2D eigenvalue weighted by atomic mass is 32.1. The van der Waals surface area contributed by atoms with Crippen molar-refractivity contribution in [1.82, 2.24) is 14.7 Å². The molecule has 17 heavy (non-hydrogen) atoms. The smallest absolute Gasteiger partial charge is 0.147 e. The van der Waals surface area contributed by atoms with Crippen molar-refractivity contribution in [3.63, 3.8) is 0 Å². The molecule has 1 heterocycles. The summed E-state index contributed by atoms with van der Waals surface area (Å²) >= 11 is 1.50. The minimum atomic E-state index is 0.0314. The summed E-state index contributed by atoms with van der Waals surface area (Å²) in [5.74, 6) is 0.935. The Labute approximate surface area is 108 Å². The van der Waals surface area contributed by atoms with Gasteiger partial charge in [0, 0.05) is 25.0 Å². The second-order valence-electron chi connectivity index (χ2n) is 5.18. The lowest BCUT2D eigenvalue weighted by Crippen LogP contribution is -2.35. The number of methoxy groups -OCH3 is 1. The van der Waals surface area contributed by atoms with Crippen LogP contribution in [-0.2, 0) is 16.6 Å². The van der Waals surface area contributed by atoms with Gasteiger partial charge in [-0.3, -0.25) is 0 Å². The molecule has 0 aromatic carbocycles. The summed E-state index contributed by atoms with van der Waals surface area (Å²) in [7, 11) is 1.73. The molecule has 98 valence electrons. The van der Waals surface area contributed by atoms with Gasteiger partial charge in [0.15, 0.2) is 0 Å². The van der Waals surface area contributed by atoms with Gasteiger partial charge in [0.2, 0.25) is 0 Å². The Morgan fingerprint density at radius 3 is 2.59 bits per heavy atom. The van der Waals surface area contributed by atoms with Gasteiger partial charge in [-0.15, -0.1) is 0 Å². The molecule has 1 rings (SSSR count). The Morgan fingerprint density at radius 1 is 1.41 bits per heavy atom. The van der Waals surface area contributed by atoms with Crippen molar-refractivity contribution in [3.8, 4) is 0 Å². The van der Waals surface area contributed by atoms with Crippen LogP contribution in [0.5, 0.6) is 0 Å². The van der Waals surface area contributed by atoms with Crippen molar-refractivity contribution in [3.05, 3.63) is 10.8 Å². The largest absolute Gasteiger partial charge is 0.383 e. The van der Waals surface area contributed by atoms with Gasteiger partial charge in [0.1, 0.15) is 10.8 Å². The second kappa shape index (κ2) is 6.42. The van der Waals surface area contributed by atoms with E-state index in [2.05, 4.69) is 42.4 Å². The first-order valence-corrected chi connectivity index (χ1v) is 6.80. The molecule has 0 aliphatic carbocycles. The molecule has 1 unspecified atom stereocenters. The van der Waals surface area contributed by atoms with Gasteiger partial charge in [0.25, 0.3) is 0 Å². The lowest BCUT2D eigenvalue weighted by atomic mass is 9.96. The summed E-state index contributed by atoms with van der Waals surface area (Å²) in [6, 6.07) is 0.325. The molecule has 0 saturated heterocycles. The van der Waals surface area contributed by atoms with E-state index in [4.69, 9.17) is 4.74 Å². The Hall–Kier alpha value is -0.520. The zero-order valence-electron chi connectivity index (χ0n) is 11.4. The lowest BCUT2D eigenvalue weighted by Gasteiger charge is -2.15. The van der Waals surface area contributed by atoms with E-state index in [1.807, 2.05) is 0 Å². The highest BCUT2D eigenvalue weighted by Crippen LogP contribution is 2.21. The number of hydrogen-bond acceptors (Lipinski definition) is 5. The van der Waals surface area contributed by atoms with Crippen LogP contribution < -0.4 is 5.32 Å². The molecule has 1 aromatic heterocycles. The van der Waals surface area contributed by atoms with Gasteiger partial charge in [-0.2, -0.15) is 4.37 Å². The third-order valence-electron chi connectivity index (χ3n) is 2.42. The molecule has 1 atom stereocenters. The number of nitrogens with zero attached hydrogens (tertiary/aromatic N) is 2. The van der Waals surface area contributed by atoms with Crippen molar-refractivity contribution >= 4 is 11.5 Å². The van der Waals surface area contributed by atoms with Crippen molar-refractivity contribution in [2.45, 2.75) is 45.6 Å². The monoisotopic (exact) mass is 257 g/mol. The topological polar surface area (TPSA) is 47.0 Å². The van der Waals surface area contributed by atoms with Crippen LogP contribution in [0.4, 0.5) is 0 Å². The molecule has 0 spiro atoms. The minimum Gasteiger partial charge on any atom is -0.383 e. The predicted octanol–water partition coefficient (Wildman–Crippen LogP) is 2.00. The van der Waals surface area contributed by atoms with E-state index in [-0.39, 0.29) is 5.41 Å². The highest BCUT2D eigenvalue weighted by molar-refractivity contribution is 7.05. The van der Waals surface area contributed by atoms with E-state index < -0.39 is 0 Å². The average molecular weight is 257 g/mol. The van der Waals surface area contributed by atoms with Crippen LogP contribution in [0, 0.1) is 0 Å². The molecule has 1 aromatic rings. The van der Waals surface area contributed by atoms with Gasteiger partial charge in [-0.25, -0.2) is 4.98 Å². The number of rotatable bonds is 6. The maximum absolute atomic E-state index is 5.20. The standard InChI is InChI=1S/C12H23N3OS/c1-6-13-9(8-16-5)7-10-14-11(15-17-10)12(2,3)4/h9,13H,6-8H2,1-5H3. The van der Waals surface area contributed by atoms with E-state index in [9.17, 15) is 0 Å². The number of ether oxygens (including phenoxy) is 1. The highest BCUT2D eigenvalue weighted by Gasteiger charge is 2.20. The summed E-state index contributed by atoms with van der Waals surface area (Å²) in [5, 5.41) is 4.48. The molecule has 1 N–H and O–H groups in total. The van der Waals surface area contributed by atoms with Crippen molar-refractivity contribution in [2.24, 2.45) is 0 Å². The minimum absolute atomic E-state index is 0.0314. The van der Waals surface area contributed by atoms with Gasteiger partial charge < -0.3 is 10.1 Å². The number of hydrogen-bond donors (Lipinski definition) is 1.